The fraction of sp³-hybridized carbons (Fsp3) is 0.697. The molecule has 4 atom stereocenters. The van der Waals surface area contributed by atoms with E-state index in [-0.39, 0.29) is 218 Å². The number of ketones is 5. The molecule has 0 fully saturated rings. The molecule has 2 aromatic rings. The maximum atomic E-state index is 13.7. The van der Waals surface area contributed by atoms with E-state index in [2.05, 4.69) is 31.9 Å². The molecule has 36 heteroatoms. The second kappa shape index (κ2) is 71.8. The Balaban J connectivity index is 0.0000794. The number of aromatic carboxylic acids is 2. The van der Waals surface area contributed by atoms with Crippen molar-refractivity contribution in [3.8, 4) is 11.5 Å². The summed E-state index contributed by atoms with van der Waals surface area (Å²) in [6, 6.07) is 11.3. The number of aliphatic carboxylic acids is 2. The first-order chi connectivity index (χ1) is 60.0. The fourth-order valence-corrected chi connectivity index (χ4v) is 12.5. The monoisotopic (exact) mass is 1780 g/mol. The van der Waals surface area contributed by atoms with Crippen LogP contribution in [0.4, 0.5) is 0 Å². The highest BCUT2D eigenvalue weighted by atomic mass is 16.5. The lowest BCUT2D eigenvalue weighted by atomic mass is 9.82. The van der Waals surface area contributed by atoms with Crippen molar-refractivity contribution in [2.24, 2.45) is 23.5 Å². The van der Waals surface area contributed by atoms with Crippen LogP contribution >= 0.6 is 0 Å². The van der Waals surface area contributed by atoms with Crippen molar-refractivity contribution in [2.45, 2.75) is 231 Å². The summed E-state index contributed by atoms with van der Waals surface area (Å²) in [5, 5.41) is 53.2. The summed E-state index contributed by atoms with van der Waals surface area (Å²) in [5.41, 5.74) is 5.33. The number of hydrogen-bond acceptors (Lipinski definition) is 26. The molecule has 6 amide bonds. The molecule has 0 radical (unpaired) electrons. The first kappa shape index (κ1) is 112. The van der Waals surface area contributed by atoms with Gasteiger partial charge in [0.2, 0.25) is 35.4 Å². The zero-order valence-electron chi connectivity index (χ0n) is 73.7. The molecule has 0 aromatic heterocycles. The van der Waals surface area contributed by atoms with Crippen LogP contribution in [0.3, 0.4) is 0 Å². The van der Waals surface area contributed by atoms with Crippen molar-refractivity contribution in [3.63, 3.8) is 0 Å². The summed E-state index contributed by atoms with van der Waals surface area (Å²) in [6.45, 7) is 7.18. The van der Waals surface area contributed by atoms with Gasteiger partial charge < -0.3 is 105 Å². The number of rotatable bonds is 85. The van der Waals surface area contributed by atoms with Crippen LogP contribution in [0.15, 0.2) is 48.5 Å². The van der Waals surface area contributed by atoms with Gasteiger partial charge in [-0.05, 0) is 140 Å². The molecular weight excluding hydrogens is 1630 g/mol. The zero-order valence-corrected chi connectivity index (χ0v) is 73.7. The van der Waals surface area contributed by atoms with E-state index in [0.29, 0.717) is 102 Å². The number of carbonyl (C=O) groups excluding carboxylic acids is 11. The highest BCUT2D eigenvalue weighted by Gasteiger charge is 2.31. The van der Waals surface area contributed by atoms with Gasteiger partial charge in [-0.15, -0.1) is 0 Å². The van der Waals surface area contributed by atoms with Crippen LogP contribution < -0.4 is 47.1 Å². The van der Waals surface area contributed by atoms with Gasteiger partial charge in [-0.2, -0.15) is 0 Å². The molecule has 12 N–H and O–H groups in total. The lowest BCUT2D eigenvalue weighted by Gasteiger charge is -2.23. The third-order valence-electron chi connectivity index (χ3n) is 19.9. The molecule has 36 nitrogen and oxygen atoms in total. The molecule has 0 saturated heterocycles. The molecule has 0 bridgehead atoms. The molecule has 0 heterocycles. The van der Waals surface area contributed by atoms with E-state index < -0.39 is 83.3 Å². The van der Waals surface area contributed by atoms with Gasteiger partial charge in [0.1, 0.15) is 61.3 Å². The van der Waals surface area contributed by atoms with Crippen molar-refractivity contribution in [1.29, 1.82) is 0 Å². The van der Waals surface area contributed by atoms with Crippen LogP contribution in [0.1, 0.15) is 243 Å². The molecule has 710 valence electrons. The minimum absolute atomic E-state index is 0. The van der Waals surface area contributed by atoms with E-state index >= 15 is 0 Å². The van der Waals surface area contributed by atoms with Gasteiger partial charge >= 0.3 is 23.9 Å². The average molecular weight is 1780 g/mol. The third kappa shape index (κ3) is 62.5. The Morgan fingerprint density at radius 3 is 1.16 bits per heavy atom. The summed E-state index contributed by atoms with van der Waals surface area (Å²) in [7, 11) is 0. The van der Waals surface area contributed by atoms with Crippen molar-refractivity contribution < 1.29 is 143 Å². The highest BCUT2D eigenvalue weighted by Crippen LogP contribution is 2.25. The van der Waals surface area contributed by atoms with Crippen LogP contribution in [0.5, 0.6) is 11.5 Å². The van der Waals surface area contributed by atoms with Gasteiger partial charge in [-0.3, -0.25) is 57.5 Å². The Labute approximate surface area is 737 Å². The van der Waals surface area contributed by atoms with Gasteiger partial charge in [0, 0.05) is 105 Å². The van der Waals surface area contributed by atoms with E-state index in [1.165, 1.54) is 31.2 Å². The molecule has 0 spiro atoms. The van der Waals surface area contributed by atoms with Gasteiger partial charge in [0.15, 0.2) is 11.6 Å². The van der Waals surface area contributed by atoms with Crippen molar-refractivity contribution in [1.82, 2.24) is 31.9 Å². The summed E-state index contributed by atoms with van der Waals surface area (Å²) in [4.78, 5) is 184. The van der Waals surface area contributed by atoms with Gasteiger partial charge in [-0.1, -0.05) is 77.0 Å². The van der Waals surface area contributed by atoms with Crippen molar-refractivity contribution >= 4 is 88.2 Å². The largest absolute Gasteiger partial charge is 0.494 e. The number of hydrogen-bond donors (Lipinski definition) is 11. The number of unbranched alkanes of at least 4 members (excludes halogenated alkanes) is 14. The van der Waals surface area contributed by atoms with Gasteiger partial charge in [0.25, 0.3) is 0 Å². The Bertz CT molecular complexity index is 3460. The summed E-state index contributed by atoms with van der Waals surface area (Å²) < 4.78 is 54.7. The zero-order chi connectivity index (χ0) is 91.9. The highest BCUT2D eigenvalue weighted by molar-refractivity contribution is 5.94. The van der Waals surface area contributed by atoms with E-state index in [1.807, 2.05) is 0 Å². The molecule has 0 aliphatic rings. The topological polar surface area (TPSA) is 527 Å². The van der Waals surface area contributed by atoms with Crippen LogP contribution in [0.2, 0.25) is 0 Å². The van der Waals surface area contributed by atoms with E-state index in [0.717, 1.165) is 89.9 Å². The average Bonchev–Trinajstić information content (AvgIpc) is 0.877. The van der Waals surface area contributed by atoms with Crippen molar-refractivity contribution in [2.75, 3.05) is 152 Å². The number of benzene rings is 2. The van der Waals surface area contributed by atoms with Crippen LogP contribution in [-0.4, -0.2) is 272 Å². The third-order valence-corrected chi connectivity index (χ3v) is 19.9. The lowest BCUT2D eigenvalue weighted by Crippen LogP contribution is -2.43. The van der Waals surface area contributed by atoms with Gasteiger partial charge in [0.05, 0.1) is 108 Å². The normalized spacial score (nSPS) is 12.2. The number of Topliss-reactive ketones (excluding diaryl/α,β-unsaturated/α-hetero) is 5. The van der Waals surface area contributed by atoms with Crippen LogP contribution in [0.25, 0.3) is 0 Å². The maximum absolute atomic E-state index is 13.7. The Morgan fingerprint density at radius 2 is 0.720 bits per heavy atom. The van der Waals surface area contributed by atoms with Gasteiger partial charge in [-0.25, -0.2) is 14.4 Å². The first-order valence-corrected chi connectivity index (χ1v) is 44.1. The maximum Gasteiger partial charge on any atom is 0.335 e. The molecule has 0 aliphatic heterocycles. The summed E-state index contributed by atoms with van der Waals surface area (Å²) >= 11 is 0. The number of amides is 6. The van der Waals surface area contributed by atoms with E-state index in [1.54, 1.807) is 38.1 Å². The number of nitrogens with one attached hydrogen (secondary N) is 6. The smallest absolute Gasteiger partial charge is 0.335 e. The first-order valence-electron chi connectivity index (χ1n) is 44.1. The van der Waals surface area contributed by atoms with Crippen LogP contribution in [-0.2, 0) is 100 Å². The minimum Gasteiger partial charge on any atom is -0.494 e. The number of nitrogens with two attached hydrogens (primary N) is 1. The second-order valence-corrected chi connectivity index (χ2v) is 31.2. The molecule has 0 saturated carbocycles. The SMILES string of the molecule is CC(=O)[C@H](CCCCNC(=O)COCCOCCNC(=O)CC[C@H](NC(=O)COCCOCCCC(=O)CCCCCCCCCOc1ccc(C(=O)O)cc1)C(=O)O)CC(=O)[C@H](CCCCNC(=O)COCCOCCNC(=O)CC[C@H](CC(=O)COCCOCCNC(=O)CCCCCCCCCOc1ccc(C(=O)O)cc1)C(=O)O)CC(=O)C(C)(C)N.[HH].[HH]. The summed E-state index contributed by atoms with van der Waals surface area (Å²) in [6.07, 6.45) is 17.3. The number of carboxylic acid groups (broad SMARTS) is 4. The molecule has 2 rings (SSSR count). The predicted molar refractivity (Wildman–Crippen MR) is 463 cm³/mol. The summed E-state index contributed by atoms with van der Waals surface area (Å²) in [5.74, 6) is -8.98. The second-order valence-electron chi connectivity index (χ2n) is 31.2. The standard InChI is InChI=1S/C89H141N7O29.2H2/c1-66(97)69(23-16-18-40-91-82(105)63-121-58-54-119-50-44-95-81(104)39-37-76(88(114)115)96-84(107)65-123-56-51-116-45-22-26-72(98)25-14-10-6-4-8-12-20-46-124-74-33-28-67(29-34-74)85(108)109)60-77(100)70(61-78(101)89(2,3)90)24-17-19-41-92-83(106)64-122-57-53-118-49-43-94-80(103)38-32-71(87(112)113)59-73(99)62-120-55-52-117-48-42-93-79(102)27-15-11-7-5-9-13-21-47-125-75-35-30-68(31-36-75)86(110)111;;/h28-31,33-36,69-71,76H,4-27,32,37-65,90H2,1-3H3,(H,91,105)(H,92,106)(H,93,102)(H,94,103)(H,95,104)(H,96,107)(H,108,109)(H,110,111)(H,112,113)(H,114,115);2*1H/t69-,70-,71-,76+;;/m1../s1. The molecule has 2 aromatic carbocycles. The van der Waals surface area contributed by atoms with E-state index in [9.17, 15) is 82.1 Å². The molecule has 0 unspecified atom stereocenters. The number of carboxylic acids is 4. The fourth-order valence-electron chi connectivity index (χ4n) is 12.5. The minimum atomic E-state index is -1.33. The number of ether oxygens (including phenoxy) is 10. The predicted octanol–water partition coefficient (Wildman–Crippen LogP) is 7.94. The Hall–Kier alpha value is -9.27. The van der Waals surface area contributed by atoms with Crippen molar-refractivity contribution in [3.05, 3.63) is 59.7 Å². The molecule has 125 heavy (non-hydrogen) atoms. The molecule has 0 aliphatic carbocycles. The molecular formula is C89H145N7O29. The van der Waals surface area contributed by atoms with E-state index in [4.69, 9.17) is 63.3 Å². The quantitative estimate of drug-likeness (QED) is 0.0280. The van der Waals surface area contributed by atoms with Crippen LogP contribution in [0, 0.1) is 17.8 Å². The number of carbonyl (C=O) groups is 15. The Kier molecular flexibility index (Phi) is 64.2. The lowest BCUT2D eigenvalue weighted by molar-refractivity contribution is -0.145. The Morgan fingerprint density at radius 1 is 0.336 bits per heavy atom.